The number of nitrogens with zero attached hydrogens (tertiary/aromatic N) is 5. The molecule has 0 aliphatic heterocycles. The maximum absolute atomic E-state index is 4.51. The Kier molecular flexibility index (Phi) is 5.62. The van der Waals surface area contributed by atoms with Crippen LogP contribution >= 0.6 is 15.9 Å². The lowest BCUT2D eigenvalue weighted by Gasteiger charge is -2.12. The van der Waals surface area contributed by atoms with E-state index in [-0.39, 0.29) is 0 Å². The van der Waals surface area contributed by atoms with Crippen molar-refractivity contribution in [2.75, 3.05) is 0 Å². The molecule has 0 atom stereocenters. The first kappa shape index (κ1) is 18.6. The molecule has 0 radical (unpaired) electrons. The van der Waals surface area contributed by atoms with Crippen molar-refractivity contribution in [3.8, 4) is 22.5 Å². The largest absolute Gasteiger partial charge is 0.331 e. The normalized spacial score (nSPS) is 11.1. The highest BCUT2D eigenvalue weighted by Gasteiger charge is 2.13. The third-order valence-corrected chi connectivity index (χ3v) is 5.40. The molecule has 0 aliphatic carbocycles. The van der Waals surface area contributed by atoms with Gasteiger partial charge in [0.1, 0.15) is 5.82 Å². The van der Waals surface area contributed by atoms with Crippen LogP contribution in [0.1, 0.15) is 31.2 Å². The van der Waals surface area contributed by atoms with Gasteiger partial charge in [-0.15, -0.1) is 10.2 Å². The fourth-order valence-corrected chi connectivity index (χ4v) is 3.95. The van der Waals surface area contributed by atoms with Crippen molar-refractivity contribution in [1.29, 1.82) is 0 Å². The number of imidazole rings is 1. The standard InChI is InChI=1S/C21H21BrN6/c1-2-3-8-20-23-11-12-28(20)14-15-9-10-17(19(22)13-15)16-6-4-5-7-18(16)21-24-26-27-25-21/h4-7,9-13H,2-3,8,14H2,1H3,(H,24,25,26,27). The number of hydrogen-bond donors (Lipinski definition) is 1. The van der Waals surface area contributed by atoms with Crippen LogP contribution in [0.3, 0.4) is 0 Å². The molecule has 2 heterocycles. The van der Waals surface area contributed by atoms with Gasteiger partial charge in [-0.3, -0.25) is 0 Å². The first-order chi connectivity index (χ1) is 13.8. The van der Waals surface area contributed by atoms with Gasteiger partial charge in [0.15, 0.2) is 0 Å². The van der Waals surface area contributed by atoms with Crippen LogP contribution in [0.15, 0.2) is 59.3 Å². The van der Waals surface area contributed by atoms with Gasteiger partial charge in [-0.1, -0.05) is 65.7 Å². The number of aromatic nitrogens is 6. The van der Waals surface area contributed by atoms with E-state index in [0.717, 1.165) is 46.4 Å². The summed E-state index contributed by atoms with van der Waals surface area (Å²) in [5.74, 6) is 1.73. The van der Waals surface area contributed by atoms with Crippen molar-refractivity contribution in [3.63, 3.8) is 0 Å². The molecule has 0 fully saturated rings. The molecule has 4 rings (SSSR count). The summed E-state index contributed by atoms with van der Waals surface area (Å²) in [4.78, 5) is 4.51. The predicted molar refractivity (Wildman–Crippen MR) is 113 cm³/mol. The van der Waals surface area contributed by atoms with Gasteiger partial charge in [0.2, 0.25) is 5.82 Å². The summed E-state index contributed by atoms with van der Waals surface area (Å²) in [6.07, 6.45) is 7.29. The number of H-pyrrole nitrogens is 1. The summed E-state index contributed by atoms with van der Waals surface area (Å²) < 4.78 is 3.26. The van der Waals surface area contributed by atoms with E-state index < -0.39 is 0 Å². The zero-order chi connectivity index (χ0) is 19.3. The lowest BCUT2D eigenvalue weighted by molar-refractivity contribution is 0.678. The molecule has 0 aliphatic rings. The van der Waals surface area contributed by atoms with Crippen LogP contribution in [0.4, 0.5) is 0 Å². The first-order valence-electron chi connectivity index (χ1n) is 9.38. The lowest BCUT2D eigenvalue weighted by atomic mass is 9.98. The number of nitrogens with one attached hydrogen (secondary N) is 1. The van der Waals surface area contributed by atoms with Crippen molar-refractivity contribution in [1.82, 2.24) is 30.2 Å². The van der Waals surface area contributed by atoms with E-state index in [1.54, 1.807) is 0 Å². The Morgan fingerprint density at radius 2 is 1.93 bits per heavy atom. The minimum absolute atomic E-state index is 0.588. The third kappa shape index (κ3) is 3.89. The number of tetrazole rings is 1. The molecule has 0 saturated heterocycles. The van der Waals surface area contributed by atoms with E-state index >= 15 is 0 Å². The van der Waals surface area contributed by atoms with E-state index in [1.165, 1.54) is 12.0 Å². The molecule has 142 valence electrons. The third-order valence-electron chi connectivity index (χ3n) is 4.75. The first-order valence-corrected chi connectivity index (χ1v) is 10.2. The molecule has 6 nitrogen and oxygen atoms in total. The number of hydrogen-bond acceptors (Lipinski definition) is 4. The minimum Gasteiger partial charge on any atom is -0.331 e. The lowest BCUT2D eigenvalue weighted by Crippen LogP contribution is -2.04. The van der Waals surface area contributed by atoms with Gasteiger partial charge >= 0.3 is 0 Å². The molecule has 28 heavy (non-hydrogen) atoms. The Labute approximate surface area is 172 Å². The Morgan fingerprint density at radius 3 is 2.68 bits per heavy atom. The average molecular weight is 437 g/mol. The van der Waals surface area contributed by atoms with Crippen LogP contribution in [-0.4, -0.2) is 30.2 Å². The fraction of sp³-hybridized carbons (Fsp3) is 0.238. The second-order valence-corrected chi connectivity index (χ2v) is 7.52. The van der Waals surface area contributed by atoms with Crippen LogP contribution in [0.25, 0.3) is 22.5 Å². The maximum Gasteiger partial charge on any atom is 0.205 e. The highest BCUT2D eigenvalue weighted by atomic mass is 79.9. The minimum atomic E-state index is 0.588. The summed E-state index contributed by atoms with van der Waals surface area (Å²) in [5, 5.41) is 14.5. The zero-order valence-corrected chi connectivity index (χ0v) is 17.2. The highest BCUT2D eigenvalue weighted by molar-refractivity contribution is 9.10. The number of aromatic amines is 1. The van der Waals surface area contributed by atoms with Gasteiger partial charge in [0, 0.05) is 35.4 Å². The smallest absolute Gasteiger partial charge is 0.205 e. The quantitative estimate of drug-likeness (QED) is 0.447. The van der Waals surface area contributed by atoms with E-state index in [9.17, 15) is 0 Å². The maximum atomic E-state index is 4.51. The zero-order valence-electron chi connectivity index (χ0n) is 15.6. The molecule has 0 saturated carbocycles. The molecule has 1 N–H and O–H groups in total. The predicted octanol–water partition coefficient (Wildman–Crippen LogP) is 4.88. The van der Waals surface area contributed by atoms with Gasteiger partial charge in [-0.05, 0) is 34.4 Å². The van der Waals surface area contributed by atoms with Crippen molar-refractivity contribution in [2.45, 2.75) is 32.7 Å². The van der Waals surface area contributed by atoms with Crippen molar-refractivity contribution in [3.05, 3.63) is 70.7 Å². The summed E-state index contributed by atoms with van der Waals surface area (Å²) in [6, 6.07) is 14.6. The van der Waals surface area contributed by atoms with Crippen molar-refractivity contribution in [2.24, 2.45) is 0 Å². The second-order valence-electron chi connectivity index (χ2n) is 6.67. The van der Waals surface area contributed by atoms with Gasteiger partial charge in [0.25, 0.3) is 0 Å². The summed E-state index contributed by atoms with van der Waals surface area (Å²) >= 11 is 3.76. The molecule has 0 unspecified atom stereocenters. The molecule has 0 spiro atoms. The Balaban J connectivity index is 1.63. The molecule has 2 aromatic carbocycles. The fourth-order valence-electron chi connectivity index (χ4n) is 3.31. The van der Waals surface area contributed by atoms with Crippen molar-refractivity contribution >= 4 is 15.9 Å². The topological polar surface area (TPSA) is 72.3 Å². The average Bonchev–Trinajstić information content (AvgIpc) is 3.39. The van der Waals surface area contributed by atoms with Gasteiger partial charge in [-0.25, -0.2) is 4.98 Å². The van der Waals surface area contributed by atoms with Crippen LogP contribution in [0.2, 0.25) is 0 Å². The molecule has 0 bridgehead atoms. The van der Waals surface area contributed by atoms with Gasteiger partial charge in [0.05, 0.1) is 0 Å². The second kappa shape index (κ2) is 8.48. The Hall–Kier alpha value is -2.80. The van der Waals surface area contributed by atoms with Crippen LogP contribution in [0, 0.1) is 0 Å². The summed E-state index contributed by atoms with van der Waals surface area (Å²) in [5.41, 5.74) is 4.33. The number of unbranched alkanes of at least 4 members (excludes halogenated alkanes) is 1. The van der Waals surface area contributed by atoms with Crippen LogP contribution in [0.5, 0.6) is 0 Å². The summed E-state index contributed by atoms with van der Waals surface area (Å²) in [6.45, 7) is 3.01. The molecule has 7 heteroatoms. The van der Waals surface area contributed by atoms with E-state index in [1.807, 2.05) is 24.4 Å². The van der Waals surface area contributed by atoms with Crippen molar-refractivity contribution < 1.29 is 0 Å². The number of benzene rings is 2. The number of aryl methyl sites for hydroxylation is 1. The molecular weight excluding hydrogens is 416 g/mol. The molecule has 0 amide bonds. The SMILES string of the molecule is CCCCc1nccn1Cc1ccc(-c2ccccc2-c2nn[nH]n2)c(Br)c1. The molecule has 4 aromatic rings. The molecular formula is C21H21BrN6. The number of halogens is 1. The molecule has 2 aromatic heterocycles. The Bertz CT molecular complexity index is 1050. The van der Waals surface area contributed by atoms with E-state index in [4.69, 9.17) is 0 Å². The summed E-state index contributed by atoms with van der Waals surface area (Å²) in [7, 11) is 0. The van der Waals surface area contributed by atoms with Gasteiger partial charge in [-0.2, -0.15) is 5.21 Å². The van der Waals surface area contributed by atoms with E-state index in [0.29, 0.717) is 5.82 Å². The van der Waals surface area contributed by atoms with E-state index in [2.05, 4.69) is 83.5 Å². The van der Waals surface area contributed by atoms with Crippen LogP contribution in [-0.2, 0) is 13.0 Å². The number of rotatable bonds is 7. The van der Waals surface area contributed by atoms with Crippen LogP contribution < -0.4 is 0 Å². The highest BCUT2D eigenvalue weighted by Crippen LogP contribution is 2.35. The monoisotopic (exact) mass is 436 g/mol. The van der Waals surface area contributed by atoms with Gasteiger partial charge < -0.3 is 4.57 Å². The Morgan fingerprint density at radius 1 is 1.07 bits per heavy atom.